The summed E-state index contributed by atoms with van der Waals surface area (Å²) in [5.41, 5.74) is 5.57. The second kappa shape index (κ2) is 11.5. The average Bonchev–Trinajstić information content (AvgIpc) is 2.31. The molecule has 116 valence electrons. The predicted molar refractivity (Wildman–Crippen MR) is 74.1 cm³/mol. The molecule has 0 aromatic rings. The zero-order valence-corrected chi connectivity index (χ0v) is 12.1. The number of halogens is 3. The van der Waals surface area contributed by atoms with E-state index < -0.39 is 12.6 Å². The van der Waals surface area contributed by atoms with Gasteiger partial charge in [-0.05, 0) is 57.7 Å². The molecule has 0 saturated carbocycles. The number of unbranched alkanes of at least 4 members (excludes halogenated alkanes) is 1. The Hall–Kier alpha value is -0.290. The van der Waals surface area contributed by atoms with Crippen molar-refractivity contribution in [3.63, 3.8) is 0 Å². The topological polar surface area (TPSA) is 38.0 Å². The smallest absolute Gasteiger partial charge is 0.330 e. The quantitative estimate of drug-likeness (QED) is 0.533. The average molecular weight is 282 g/mol. The Bertz CT molecular complexity index is 190. The fraction of sp³-hybridized carbons (Fsp3) is 1.00. The minimum absolute atomic E-state index is 0.224. The summed E-state index contributed by atoms with van der Waals surface area (Å²) in [7, 11) is 0. The molecule has 0 radical (unpaired) electrons. The molecule has 0 aliphatic carbocycles. The van der Waals surface area contributed by atoms with Gasteiger partial charge in [0.15, 0.2) is 0 Å². The van der Waals surface area contributed by atoms with E-state index in [-0.39, 0.29) is 6.42 Å². The number of rotatable bonds is 12. The Labute approximate surface area is 115 Å². The molecule has 1 atom stereocenters. The Balaban J connectivity index is 3.34. The van der Waals surface area contributed by atoms with Crippen LogP contribution in [0.5, 0.6) is 0 Å². The van der Waals surface area contributed by atoms with Gasteiger partial charge in [-0.3, -0.25) is 0 Å². The van der Waals surface area contributed by atoms with Crippen molar-refractivity contribution in [1.82, 2.24) is 5.32 Å². The molecule has 3 N–H and O–H groups in total. The van der Waals surface area contributed by atoms with E-state index in [0.29, 0.717) is 18.9 Å². The van der Waals surface area contributed by atoms with Crippen LogP contribution in [0.3, 0.4) is 0 Å². The van der Waals surface area contributed by atoms with E-state index in [1.54, 1.807) is 0 Å². The van der Waals surface area contributed by atoms with E-state index in [9.17, 15) is 13.2 Å². The van der Waals surface area contributed by atoms with Gasteiger partial charge in [-0.2, -0.15) is 13.2 Å². The van der Waals surface area contributed by atoms with Crippen molar-refractivity contribution in [2.75, 3.05) is 19.6 Å². The Morgan fingerprint density at radius 2 is 1.68 bits per heavy atom. The molecule has 0 amide bonds. The summed E-state index contributed by atoms with van der Waals surface area (Å²) >= 11 is 0. The Morgan fingerprint density at radius 1 is 1.00 bits per heavy atom. The molecule has 1 unspecified atom stereocenters. The Kier molecular flexibility index (Phi) is 11.4. The summed E-state index contributed by atoms with van der Waals surface area (Å²) < 4.78 is 35.7. The van der Waals surface area contributed by atoms with Gasteiger partial charge in [-0.15, -0.1) is 0 Å². The molecule has 2 nitrogen and oxygen atoms in total. The summed E-state index contributed by atoms with van der Waals surface area (Å²) in [6, 6.07) is 0. The minimum atomic E-state index is -4.00. The van der Waals surface area contributed by atoms with Gasteiger partial charge in [-0.1, -0.05) is 19.8 Å². The maximum Gasteiger partial charge on any atom is 0.389 e. The molecule has 0 saturated heterocycles. The molecule has 19 heavy (non-hydrogen) atoms. The lowest BCUT2D eigenvalue weighted by atomic mass is 9.94. The molecule has 0 fully saturated rings. The van der Waals surface area contributed by atoms with E-state index in [2.05, 4.69) is 12.2 Å². The lowest BCUT2D eigenvalue weighted by molar-refractivity contribution is -0.135. The third-order valence-corrected chi connectivity index (χ3v) is 3.30. The van der Waals surface area contributed by atoms with Crippen LogP contribution in [0.2, 0.25) is 0 Å². The normalized spacial score (nSPS) is 13.7. The van der Waals surface area contributed by atoms with Crippen LogP contribution in [0.15, 0.2) is 0 Å². The number of nitrogens with two attached hydrogens (primary N) is 1. The van der Waals surface area contributed by atoms with Gasteiger partial charge >= 0.3 is 6.18 Å². The fourth-order valence-corrected chi connectivity index (χ4v) is 2.29. The van der Waals surface area contributed by atoms with E-state index in [0.717, 1.165) is 25.9 Å². The van der Waals surface area contributed by atoms with Crippen molar-refractivity contribution in [1.29, 1.82) is 0 Å². The number of alkyl halides is 3. The van der Waals surface area contributed by atoms with Crippen LogP contribution >= 0.6 is 0 Å². The van der Waals surface area contributed by atoms with Gasteiger partial charge < -0.3 is 11.1 Å². The Morgan fingerprint density at radius 3 is 2.26 bits per heavy atom. The minimum Gasteiger partial charge on any atom is -0.330 e. The third kappa shape index (κ3) is 13.9. The first-order valence-corrected chi connectivity index (χ1v) is 7.47. The molecule has 0 aliphatic heterocycles. The van der Waals surface area contributed by atoms with Gasteiger partial charge in [0.1, 0.15) is 0 Å². The van der Waals surface area contributed by atoms with Crippen molar-refractivity contribution in [2.24, 2.45) is 11.7 Å². The first-order valence-electron chi connectivity index (χ1n) is 7.47. The van der Waals surface area contributed by atoms with Crippen molar-refractivity contribution in [3.8, 4) is 0 Å². The van der Waals surface area contributed by atoms with Crippen LogP contribution in [0, 0.1) is 5.92 Å². The van der Waals surface area contributed by atoms with Gasteiger partial charge in [0.05, 0.1) is 0 Å². The van der Waals surface area contributed by atoms with Crippen molar-refractivity contribution in [3.05, 3.63) is 0 Å². The van der Waals surface area contributed by atoms with Crippen LogP contribution in [-0.2, 0) is 0 Å². The first-order chi connectivity index (χ1) is 8.99. The number of nitrogens with one attached hydrogen (secondary N) is 1. The molecule has 0 rings (SSSR count). The largest absolute Gasteiger partial charge is 0.389 e. The van der Waals surface area contributed by atoms with Gasteiger partial charge in [0.25, 0.3) is 0 Å². The first kappa shape index (κ1) is 18.7. The summed E-state index contributed by atoms with van der Waals surface area (Å²) in [6.07, 6.45) is 1.91. The maximum atomic E-state index is 11.9. The molecule has 5 heteroatoms. The van der Waals surface area contributed by atoms with E-state index in [1.807, 2.05) is 0 Å². The van der Waals surface area contributed by atoms with Crippen molar-refractivity contribution in [2.45, 2.75) is 64.5 Å². The summed E-state index contributed by atoms with van der Waals surface area (Å²) in [5.74, 6) is 0.710. The van der Waals surface area contributed by atoms with Crippen LogP contribution in [0.4, 0.5) is 13.2 Å². The molecular weight excluding hydrogens is 253 g/mol. The maximum absolute atomic E-state index is 11.9. The zero-order chi connectivity index (χ0) is 14.6. The summed E-state index contributed by atoms with van der Waals surface area (Å²) in [5, 5.41) is 3.21. The van der Waals surface area contributed by atoms with Gasteiger partial charge in [-0.25, -0.2) is 0 Å². The third-order valence-electron chi connectivity index (χ3n) is 3.30. The summed E-state index contributed by atoms with van der Waals surface area (Å²) in [6.45, 7) is 4.51. The van der Waals surface area contributed by atoms with Gasteiger partial charge in [0, 0.05) is 6.42 Å². The highest BCUT2D eigenvalue weighted by atomic mass is 19.4. The summed E-state index contributed by atoms with van der Waals surface area (Å²) in [4.78, 5) is 0. The second-order valence-corrected chi connectivity index (χ2v) is 5.20. The zero-order valence-electron chi connectivity index (χ0n) is 12.1. The molecule has 0 bridgehead atoms. The van der Waals surface area contributed by atoms with E-state index in [1.165, 1.54) is 19.3 Å². The standard InChI is InChI=1S/C14H29F3N2/c1-2-6-13(8-10-18)7-5-12-19-11-4-3-9-14(15,16)17/h13,19H,2-12,18H2,1H3. The number of hydrogen-bond acceptors (Lipinski definition) is 2. The lowest BCUT2D eigenvalue weighted by Crippen LogP contribution is -2.19. The van der Waals surface area contributed by atoms with Gasteiger partial charge in [0.2, 0.25) is 0 Å². The molecular formula is C14H29F3N2. The highest BCUT2D eigenvalue weighted by molar-refractivity contribution is 4.61. The SMILES string of the molecule is CCCC(CCN)CCCNCCCCC(F)(F)F. The van der Waals surface area contributed by atoms with E-state index in [4.69, 9.17) is 5.73 Å². The molecule has 0 spiro atoms. The lowest BCUT2D eigenvalue weighted by Gasteiger charge is -2.15. The van der Waals surface area contributed by atoms with Crippen molar-refractivity contribution >= 4 is 0 Å². The second-order valence-electron chi connectivity index (χ2n) is 5.20. The molecule has 0 aromatic carbocycles. The molecule has 0 heterocycles. The fourth-order valence-electron chi connectivity index (χ4n) is 2.29. The monoisotopic (exact) mass is 282 g/mol. The predicted octanol–water partition coefficient (Wildman–Crippen LogP) is 3.85. The van der Waals surface area contributed by atoms with Crippen LogP contribution in [0.25, 0.3) is 0 Å². The van der Waals surface area contributed by atoms with Crippen LogP contribution in [-0.4, -0.2) is 25.8 Å². The highest BCUT2D eigenvalue weighted by Crippen LogP contribution is 2.21. The number of hydrogen-bond donors (Lipinski definition) is 2. The molecule has 0 aromatic heterocycles. The molecule has 0 aliphatic rings. The van der Waals surface area contributed by atoms with Crippen LogP contribution in [0.1, 0.15) is 58.3 Å². The van der Waals surface area contributed by atoms with E-state index >= 15 is 0 Å². The van der Waals surface area contributed by atoms with Crippen LogP contribution < -0.4 is 11.1 Å². The highest BCUT2D eigenvalue weighted by Gasteiger charge is 2.25. The van der Waals surface area contributed by atoms with Crippen molar-refractivity contribution < 1.29 is 13.2 Å².